The van der Waals surface area contributed by atoms with Gasteiger partial charge in [-0.25, -0.2) is 0 Å². The van der Waals surface area contributed by atoms with E-state index < -0.39 is 0 Å². The Morgan fingerprint density at radius 1 is 1.29 bits per heavy atom. The first-order valence-electron chi connectivity index (χ1n) is 6.60. The summed E-state index contributed by atoms with van der Waals surface area (Å²) in [4.78, 5) is 0. The standard InChI is InChI=1S/C15H22O2/c1-4-11(2)6-5-7-13-8-9-14-15(12(13)3)17-10-16-14/h8-9,11H,4-7,10H2,1-3H3. The molecule has 1 atom stereocenters. The fraction of sp³-hybridized carbons (Fsp3) is 0.600. The zero-order chi connectivity index (χ0) is 12.3. The summed E-state index contributed by atoms with van der Waals surface area (Å²) in [6.07, 6.45) is 4.99. The lowest BCUT2D eigenvalue weighted by Crippen LogP contribution is -1.97. The lowest BCUT2D eigenvalue weighted by molar-refractivity contribution is 0.173. The summed E-state index contributed by atoms with van der Waals surface area (Å²) in [5, 5.41) is 0. The predicted molar refractivity (Wildman–Crippen MR) is 69.7 cm³/mol. The lowest BCUT2D eigenvalue weighted by Gasteiger charge is -2.10. The number of rotatable bonds is 5. The molecule has 0 aliphatic carbocycles. The van der Waals surface area contributed by atoms with Gasteiger partial charge in [-0.1, -0.05) is 32.8 Å². The summed E-state index contributed by atoms with van der Waals surface area (Å²) in [5.41, 5.74) is 2.65. The highest BCUT2D eigenvalue weighted by Crippen LogP contribution is 2.37. The van der Waals surface area contributed by atoms with Crippen LogP contribution in [0.15, 0.2) is 12.1 Å². The number of hydrogen-bond donors (Lipinski definition) is 0. The third kappa shape index (κ3) is 2.74. The Bertz CT molecular complexity index is 385. The van der Waals surface area contributed by atoms with Crippen molar-refractivity contribution in [3.63, 3.8) is 0 Å². The van der Waals surface area contributed by atoms with E-state index in [-0.39, 0.29) is 0 Å². The summed E-state index contributed by atoms with van der Waals surface area (Å²) >= 11 is 0. The van der Waals surface area contributed by atoms with Gasteiger partial charge in [0.05, 0.1) is 0 Å². The quantitative estimate of drug-likeness (QED) is 0.764. The average Bonchev–Trinajstić information content (AvgIpc) is 2.81. The summed E-state index contributed by atoms with van der Waals surface area (Å²) in [6, 6.07) is 4.22. The van der Waals surface area contributed by atoms with E-state index in [1.165, 1.54) is 30.4 Å². The second-order valence-corrected chi connectivity index (χ2v) is 4.99. The molecule has 94 valence electrons. The van der Waals surface area contributed by atoms with E-state index in [4.69, 9.17) is 9.47 Å². The van der Waals surface area contributed by atoms with Gasteiger partial charge in [0.1, 0.15) is 0 Å². The normalized spacial score (nSPS) is 15.0. The van der Waals surface area contributed by atoms with E-state index in [9.17, 15) is 0 Å². The van der Waals surface area contributed by atoms with Crippen molar-refractivity contribution in [3.8, 4) is 11.5 Å². The van der Waals surface area contributed by atoms with Gasteiger partial charge < -0.3 is 9.47 Å². The van der Waals surface area contributed by atoms with Gasteiger partial charge in [-0.15, -0.1) is 0 Å². The first kappa shape index (κ1) is 12.3. The van der Waals surface area contributed by atoms with Gasteiger partial charge in [0.2, 0.25) is 6.79 Å². The highest BCUT2D eigenvalue weighted by molar-refractivity contribution is 5.51. The monoisotopic (exact) mass is 234 g/mol. The van der Waals surface area contributed by atoms with Gasteiger partial charge >= 0.3 is 0 Å². The molecule has 1 aromatic rings. The van der Waals surface area contributed by atoms with Gasteiger partial charge in [-0.05, 0) is 42.9 Å². The molecule has 2 nitrogen and oxygen atoms in total. The van der Waals surface area contributed by atoms with Crippen LogP contribution in [0.3, 0.4) is 0 Å². The minimum Gasteiger partial charge on any atom is -0.454 e. The van der Waals surface area contributed by atoms with Crippen LogP contribution < -0.4 is 9.47 Å². The summed E-state index contributed by atoms with van der Waals surface area (Å²) in [5.74, 6) is 2.68. The Kier molecular flexibility index (Phi) is 3.93. The van der Waals surface area contributed by atoms with Crippen molar-refractivity contribution in [2.75, 3.05) is 6.79 Å². The molecule has 1 aromatic carbocycles. The summed E-state index contributed by atoms with van der Waals surface area (Å²) in [6.45, 7) is 7.08. The third-order valence-corrected chi connectivity index (χ3v) is 3.74. The molecule has 0 saturated carbocycles. The number of benzene rings is 1. The molecule has 1 unspecified atom stereocenters. The molecule has 1 aliphatic rings. The van der Waals surface area contributed by atoms with E-state index in [1.54, 1.807) is 0 Å². The molecule has 0 amide bonds. The van der Waals surface area contributed by atoms with Crippen LogP contribution in [0.1, 0.15) is 44.2 Å². The first-order chi connectivity index (χ1) is 8.22. The predicted octanol–water partition coefficient (Wildman–Crippen LogP) is 4.09. The molecule has 0 saturated heterocycles. The minimum absolute atomic E-state index is 0.368. The molecule has 1 aliphatic heterocycles. The van der Waals surface area contributed by atoms with Crippen molar-refractivity contribution in [2.45, 2.75) is 46.5 Å². The highest BCUT2D eigenvalue weighted by Gasteiger charge is 2.17. The zero-order valence-corrected chi connectivity index (χ0v) is 11.1. The molecule has 1 heterocycles. The van der Waals surface area contributed by atoms with E-state index in [0.29, 0.717) is 6.79 Å². The summed E-state index contributed by atoms with van der Waals surface area (Å²) in [7, 11) is 0. The van der Waals surface area contributed by atoms with Gasteiger partial charge in [0, 0.05) is 0 Å². The fourth-order valence-corrected chi connectivity index (χ4v) is 2.27. The Hall–Kier alpha value is -1.18. The molecule has 17 heavy (non-hydrogen) atoms. The Balaban J connectivity index is 1.98. The minimum atomic E-state index is 0.368. The van der Waals surface area contributed by atoms with Gasteiger partial charge in [0.25, 0.3) is 0 Å². The van der Waals surface area contributed by atoms with Crippen molar-refractivity contribution < 1.29 is 9.47 Å². The van der Waals surface area contributed by atoms with Crippen molar-refractivity contribution in [3.05, 3.63) is 23.3 Å². The van der Waals surface area contributed by atoms with E-state index in [0.717, 1.165) is 23.8 Å². The van der Waals surface area contributed by atoms with Crippen molar-refractivity contribution in [1.29, 1.82) is 0 Å². The second kappa shape index (κ2) is 5.44. The van der Waals surface area contributed by atoms with Crippen LogP contribution in [0.5, 0.6) is 11.5 Å². The average molecular weight is 234 g/mol. The number of ether oxygens (including phenoxy) is 2. The maximum absolute atomic E-state index is 5.50. The van der Waals surface area contributed by atoms with Crippen LogP contribution in [-0.2, 0) is 6.42 Å². The van der Waals surface area contributed by atoms with Crippen LogP contribution in [0.4, 0.5) is 0 Å². The molecule has 0 fully saturated rings. The zero-order valence-electron chi connectivity index (χ0n) is 11.1. The molecule has 0 bridgehead atoms. The number of hydrogen-bond acceptors (Lipinski definition) is 2. The van der Waals surface area contributed by atoms with Crippen molar-refractivity contribution in [1.82, 2.24) is 0 Å². The highest BCUT2D eigenvalue weighted by atomic mass is 16.7. The van der Waals surface area contributed by atoms with Gasteiger partial charge in [-0.3, -0.25) is 0 Å². The Labute approximate surface area is 104 Å². The lowest BCUT2D eigenvalue weighted by atomic mass is 9.97. The van der Waals surface area contributed by atoms with E-state index in [2.05, 4.69) is 26.8 Å². The topological polar surface area (TPSA) is 18.5 Å². The number of aryl methyl sites for hydroxylation is 1. The third-order valence-electron chi connectivity index (χ3n) is 3.74. The summed E-state index contributed by atoms with van der Waals surface area (Å²) < 4.78 is 10.9. The van der Waals surface area contributed by atoms with E-state index >= 15 is 0 Å². The molecule has 0 spiro atoms. The fourth-order valence-electron chi connectivity index (χ4n) is 2.27. The van der Waals surface area contributed by atoms with Crippen LogP contribution in [0.25, 0.3) is 0 Å². The maximum atomic E-state index is 5.50. The van der Waals surface area contributed by atoms with Gasteiger partial charge in [-0.2, -0.15) is 0 Å². The second-order valence-electron chi connectivity index (χ2n) is 4.99. The molecule has 0 aromatic heterocycles. The molecule has 2 heteroatoms. The van der Waals surface area contributed by atoms with Crippen molar-refractivity contribution in [2.24, 2.45) is 5.92 Å². The van der Waals surface area contributed by atoms with Crippen molar-refractivity contribution >= 4 is 0 Å². The largest absolute Gasteiger partial charge is 0.454 e. The molecular formula is C15H22O2. The van der Waals surface area contributed by atoms with Crippen LogP contribution in [0.2, 0.25) is 0 Å². The maximum Gasteiger partial charge on any atom is 0.231 e. The molecule has 2 rings (SSSR count). The number of fused-ring (bicyclic) bond motifs is 1. The molecule has 0 radical (unpaired) electrons. The van der Waals surface area contributed by atoms with Gasteiger partial charge in [0.15, 0.2) is 11.5 Å². The first-order valence-corrected chi connectivity index (χ1v) is 6.60. The van der Waals surface area contributed by atoms with Crippen LogP contribution in [0, 0.1) is 12.8 Å². The smallest absolute Gasteiger partial charge is 0.231 e. The van der Waals surface area contributed by atoms with E-state index in [1.807, 2.05) is 6.07 Å². The SMILES string of the molecule is CCC(C)CCCc1ccc2c(c1C)OCO2. The Morgan fingerprint density at radius 3 is 2.88 bits per heavy atom. The molecular weight excluding hydrogens is 212 g/mol. The Morgan fingerprint density at radius 2 is 2.12 bits per heavy atom. The molecule has 0 N–H and O–H groups in total. The van der Waals surface area contributed by atoms with Crippen LogP contribution >= 0.6 is 0 Å². The van der Waals surface area contributed by atoms with Crippen LogP contribution in [-0.4, -0.2) is 6.79 Å².